The fourth-order valence-electron chi connectivity index (χ4n) is 3.18. The highest BCUT2D eigenvalue weighted by atomic mass is 16.7. The van der Waals surface area contributed by atoms with E-state index in [2.05, 4.69) is 0 Å². The van der Waals surface area contributed by atoms with Gasteiger partial charge in [-0.1, -0.05) is 0 Å². The minimum Gasteiger partial charge on any atom is -0.403 e. The second kappa shape index (κ2) is 3.59. The van der Waals surface area contributed by atoms with Gasteiger partial charge < -0.3 is 14.0 Å². The van der Waals surface area contributed by atoms with E-state index in [0.717, 1.165) is 6.42 Å². The topological polar surface area (TPSA) is 44.8 Å². The van der Waals surface area contributed by atoms with E-state index in [-0.39, 0.29) is 29.6 Å². The third kappa shape index (κ3) is 1.47. The molecule has 5 heteroatoms. The summed E-state index contributed by atoms with van der Waals surface area (Å²) < 4.78 is 17.6. The Bertz CT molecular complexity index is 368. The normalized spacial score (nSPS) is 41.4. The van der Waals surface area contributed by atoms with Crippen molar-refractivity contribution in [2.75, 3.05) is 13.2 Å². The molecule has 2 saturated heterocycles. The minimum absolute atomic E-state index is 0.161. The molecule has 3 rings (SSSR count). The molecule has 1 aliphatic carbocycles. The van der Waals surface area contributed by atoms with Gasteiger partial charge in [0.2, 0.25) is 0 Å². The summed E-state index contributed by atoms with van der Waals surface area (Å²) in [5, 5.41) is 0. The lowest BCUT2D eigenvalue weighted by atomic mass is 9.45. The smallest absolute Gasteiger partial charge is 0.403 e. The molecule has 100 valence electrons. The first-order valence-electron chi connectivity index (χ1n) is 6.75. The van der Waals surface area contributed by atoms with Crippen molar-refractivity contribution in [3.05, 3.63) is 0 Å². The minimum atomic E-state index is -0.322. The molecule has 2 aliphatic heterocycles. The van der Waals surface area contributed by atoms with Crippen molar-refractivity contribution in [3.8, 4) is 0 Å². The Morgan fingerprint density at radius 1 is 1.17 bits per heavy atom. The van der Waals surface area contributed by atoms with Crippen LogP contribution in [0.2, 0.25) is 5.82 Å². The maximum Gasteiger partial charge on any atom is 0.462 e. The summed E-state index contributed by atoms with van der Waals surface area (Å²) >= 11 is 0. The number of ether oxygens (including phenoxy) is 1. The van der Waals surface area contributed by atoms with Gasteiger partial charge in [-0.2, -0.15) is 0 Å². The number of ketones is 1. The lowest BCUT2D eigenvalue weighted by Gasteiger charge is -2.44. The number of carbonyl (C=O) groups excluding carboxylic acids is 1. The third-order valence-electron chi connectivity index (χ3n) is 5.32. The van der Waals surface area contributed by atoms with Gasteiger partial charge in [0.25, 0.3) is 0 Å². The van der Waals surface area contributed by atoms with Crippen molar-refractivity contribution in [1.29, 1.82) is 0 Å². The van der Waals surface area contributed by atoms with Crippen LogP contribution < -0.4 is 0 Å². The van der Waals surface area contributed by atoms with Gasteiger partial charge in [0.05, 0.1) is 23.2 Å². The molecule has 18 heavy (non-hydrogen) atoms. The molecule has 2 atom stereocenters. The molecule has 0 N–H and O–H groups in total. The molecule has 0 bridgehead atoms. The predicted molar refractivity (Wildman–Crippen MR) is 67.3 cm³/mol. The highest BCUT2D eigenvalue weighted by Crippen LogP contribution is 2.57. The van der Waals surface area contributed by atoms with Crippen LogP contribution in [-0.4, -0.2) is 37.3 Å². The van der Waals surface area contributed by atoms with Crippen LogP contribution in [-0.2, 0) is 18.8 Å². The van der Waals surface area contributed by atoms with E-state index in [1.54, 1.807) is 0 Å². The Morgan fingerprint density at radius 3 is 2.22 bits per heavy atom. The first-order chi connectivity index (χ1) is 8.29. The third-order valence-corrected chi connectivity index (χ3v) is 5.32. The maximum atomic E-state index is 12.0. The molecule has 0 radical (unpaired) electrons. The predicted octanol–water partition coefficient (Wildman–Crippen LogP) is 1.83. The van der Waals surface area contributed by atoms with Gasteiger partial charge in [-0.25, -0.2) is 0 Å². The number of carbonyl (C=O) groups is 1. The highest BCUT2D eigenvalue weighted by Gasteiger charge is 2.66. The average Bonchev–Trinajstić information content (AvgIpc) is 2.81. The lowest BCUT2D eigenvalue weighted by Crippen LogP contribution is -2.53. The Balaban J connectivity index is 1.80. The molecule has 2 heterocycles. The number of hydrogen-bond acceptors (Lipinski definition) is 4. The highest BCUT2D eigenvalue weighted by molar-refractivity contribution is 6.50. The fourth-order valence-corrected chi connectivity index (χ4v) is 3.18. The standard InChI is InChI=1S/C13H21BO4/c1-11(2)12(3,4)18-14(17-11)9-7-10(15)13(9)5-6-16-8-13/h9H,5-8H2,1-4H3. The van der Waals surface area contributed by atoms with Crippen molar-refractivity contribution in [3.63, 3.8) is 0 Å². The molecular weight excluding hydrogens is 231 g/mol. The van der Waals surface area contributed by atoms with Gasteiger partial charge in [0.15, 0.2) is 0 Å². The zero-order chi connectivity index (χ0) is 13.2. The van der Waals surface area contributed by atoms with Gasteiger partial charge in [-0.05, 0) is 34.1 Å². The van der Waals surface area contributed by atoms with Crippen LogP contribution in [0, 0.1) is 5.41 Å². The lowest BCUT2D eigenvalue weighted by molar-refractivity contribution is -0.139. The van der Waals surface area contributed by atoms with E-state index in [1.807, 2.05) is 27.7 Å². The van der Waals surface area contributed by atoms with E-state index in [9.17, 15) is 4.79 Å². The van der Waals surface area contributed by atoms with Crippen molar-refractivity contribution in [2.24, 2.45) is 5.41 Å². The van der Waals surface area contributed by atoms with Crippen molar-refractivity contribution in [2.45, 2.75) is 57.6 Å². The number of hydrogen-bond donors (Lipinski definition) is 0. The van der Waals surface area contributed by atoms with Crippen LogP contribution in [0.15, 0.2) is 0 Å². The Hall–Kier alpha value is -0.385. The SMILES string of the molecule is CC1(C)OB(C2CC(=O)C23CCOC3)OC1(C)C. The molecular formula is C13H21BO4. The van der Waals surface area contributed by atoms with Gasteiger partial charge in [-0.15, -0.1) is 0 Å². The number of rotatable bonds is 1. The summed E-state index contributed by atoms with van der Waals surface area (Å²) in [7, 11) is -0.269. The molecule has 2 unspecified atom stereocenters. The summed E-state index contributed by atoms with van der Waals surface area (Å²) in [5.41, 5.74) is -0.963. The van der Waals surface area contributed by atoms with Crippen molar-refractivity contribution < 1.29 is 18.8 Å². The van der Waals surface area contributed by atoms with Gasteiger partial charge in [0.1, 0.15) is 5.78 Å². The van der Waals surface area contributed by atoms with Crippen LogP contribution in [0.5, 0.6) is 0 Å². The van der Waals surface area contributed by atoms with Crippen LogP contribution in [0.1, 0.15) is 40.5 Å². The summed E-state index contributed by atoms with van der Waals surface area (Å²) in [6.45, 7) is 9.41. The summed E-state index contributed by atoms with van der Waals surface area (Å²) in [6, 6.07) is 0. The molecule has 3 fully saturated rings. The van der Waals surface area contributed by atoms with E-state index in [0.29, 0.717) is 25.4 Å². The van der Waals surface area contributed by atoms with E-state index >= 15 is 0 Å². The fraction of sp³-hybridized carbons (Fsp3) is 0.923. The molecule has 1 spiro atoms. The molecule has 0 amide bonds. The van der Waals surface area contributed by atoms with Crippen molar-refractivity contribution in [1.82, 2.24) is 0 Å². The van der Waals surface area contributed by atoms with Gasteiger partial charge >= 0.3 is 7.12 Å². The largest absolute Gasteiger partial charge is 0.462 e. The number of Topliss-reactive ketones (excluding diaryl/α,β-unsaturated/α-hetero) is 1. The molecule has 0 aromatic rings. The van der Waals surface area contributed by atoms with E-state index in [1.165, 1.54) is 0 Å². The molecule has 4 nitrogen and oxygen atoms in total. The van der Waals surface area contributed by atoms with E-state index < -0.39 is 0 Å². The van der Waals surface area contributed by atoms with Crippen LogP contribution in [0.3, 0.4) is 0 Å². The van der Waals surface area contributed by atoms with Gasteiger partial charge in [0, 0.05) is 18.8 Å². The zero-order valence-electron chi connectivity index (χ0n) is 11.6. The first kappa shape index (κ1) is 12.6. The molecule has 1 saturated carbocycles. The first-order valence-corrected chi connectivity index (χ1v) is 6.75. The quantitative estimate of drug-likeness (QED) is 0.668. The second-order valence-corrected chi connectivity index (χ2v) is 6.82. The van der Waals surface area contributed by atoms with Crippen LogP contribution in [0.4, 0.5) is 0 Å². The average molecular weight is 252 g/mol. The van der Waals surface area contributed by atoms with Crippen LogP contribution in [0.25, 0.3) is 0 Å². The summed E-state index contributed by atoms with van der Waals surface area (Å²) in [4.78, 5) is 12.0. The summed E-state index contributed by atoms with van der Waals surface area (Å²) in [6.07, 6.45) is 1.39. The maximum absolute atomic E-state index is 12.0. The van der Waals surface area contributed by atoms with E-state index in [4.69, 9.17) is 14.0 Å². The Labute approximate surface area is 108 Å². The van der Waals surface area contributed by atoms with Crippen molar-refractivity contribution >= 4 is 12.9 Å². The summed E-state index contributed by atoms with van der Waals surface area (Å²) in [5.74, 6) is 0.480. The monoisotopic (exact) mass is 252 g/mol. The second-order valence-electron chi connectivity index (χ2n) is 6.82. The zero-order valence-corrected chi connectivity index (χ0v) is 11.6. The van der Waals surface area contributed by atoms with Gasteiger partial charge in [-0.3, -0.25) is 4.79 Å². The molecule has 0 aromatic heterocycles. The Morgan fingerprint density at radius 2 is 1.78 bits per heavy atom. The molecule has 0 aromatic carbocycles. The molecule has 3 aliphatic rings. The van der Waals surface area contributed by atoms with Crippen LogP contribution >= 0.6 is 0 Å². The Kier molecular flexibility index (Phi) is 2.52.